The van der Waals surface area contributed by atoms with Gasteiger partial charge in [-0.05, 0) is 24.3 Å². The number of nitrogens with zero attached hydrogens (tertiary/aromatic N) is 1. The van der Waals surface area contributed by atoms with Crippen LogP contribution < -0.4 is 16.6 Å². The van der Waals surface area contributed by atoms with Crippen LogP contribution in [0.2, 0.25) is 0 Å². The highest BCUT2D eigenvalue weighted by molar-refractivity contribution is 6.31. The summed E-state index contributed by atoms with van der Waals surface area (Å²) in [4.78, 5) is 39.7. The van der Waals surface area contributed by atoms with Crippen LogP contribution in [0.1, 0.15) is 71.6 Å². The lowest BCUT2D eigenvalue weighted by Gasteiger charge is -2.05. The number of anilines is 1. The molecule has 0 spiro atoms. The summed E-state index contributed by atoms with van der Waals surface area (Å²) in [5, 5.41) is 16.5. The van der Waals surface area contributed by atoms with Gasteiger partial charge in [-0.2, -0.15) is 0 Å². The number of aromatic amines is 1. The Balaban J connectivity index is -0.000000456. The van der Waals surface area contributed by atoms with Crippen molar-refractivity contribution in [1.82, 2.24) is 9.97 Å². The number of para-hydroxylation sites is 2. The number of primary amides is 1. The smallest absolute Gasteiger partial charge is 0.266 e. The molecule has 2 aromatic carbocycles. The van der Waals surface area contributed by atoms with E-state index in [1.54, 1.807) is 36.4 Å². The first-order valence-electron chi connectivity index (χ1n) is 11.7. The average Bonchev–Trinajstić information content (AvgIpc) is 2.93. The molecular formula is C26H40N6O3. The number of carbonyl (C=O) groups excluding carboxylic acids is 2. The molecule has 35 heavy (non-hydrogen) atoms. The number of hydrogen-bond acceptors (Lipinski definition) is 6. The monoisotopic (exact) mass is 484 g/mol. The van der Waals surface area contributed by atoms with Crippen molar-refractivity contribution in [2.75, 3.05) is 5.32 Å². The van der Waals surface area contributed by atoms with Gasteiger partial charge in [0.05, 0.1) is 34.6 Å². The maximum absolute atomic E-state index is 11.4. The molecule has 0 bridgehead atoms. The van der Waals surface area contributed by atoms with Crippen molar-refractivity contribution in [2.24, 2.45) is 5.73 Å². The third-order valence-corrected chi connectivity index (χ3v) is 3.35. The number of rotatable bonds is 4. The normalized spacial score (nSPS) is 8.11. The van der Waals surface area contributed by atoms with Crippen LogP contribution in [0.15, 0.2) is 53.3 Å². The number of nitrogens with one attached hydrogen (secondary N) is 4. The van der Waals surface area contributed by atoms with E-state index in [4.69, 9.17) is 16.6 Å². The number of H-pyrrole nitrogens is 1. The highest BCUT2D eigenvalue weighted by Crippen LogP contribution is 2.13. The number of amides is 2. The van der Waals surface area contributed by atoms with Gasteiger partial charge in [-0.1, -0.05) is 79.7 Å². The fourth-order valence-electron chi connectivity index (χ4n) is 2.15. The molecule has 3 rings (SSSR count). The Labute approximate surface area is 208 Å². The Morgan fingerprint density at radius 2 is 1.40 bits per heavy atom. The molecule has 2 amide bonds. The van der Waals surface area contributed by atoms with Gasteiger partial charge in [0, 0.05) is 0 Å². The summed E-state index contributed by atoms with van der Waals surface area (Å²) in [5.41, 5.74) is 6.03. The molecule has 6 N–H and O–H groups in total. The molecule has 1 heterocycles. The van der Waals surface area contributed by atoms with Gasteiger partial charge < -0.3 is 26.9 Å². The Morgan fingerprint density at radius 1 is 0.886 bits per heavy atom. The van der Waals surface area contributed by atoms with Crippen LogP contribution in [0.4, 0.5) is 5.69 Å². The molecule has 0 saturated carbocycles. The first-order chi connectivity index (χ1) is 17.0. The fraction of sp³-hybridized carbons (Fsp3) is 0.308. The maximum atomic E-state index is 11.4. The molecule has 1 aromatic heterocycles. The minimum absolute atomic E-state index is 0.205. The lowest BCUT2D eigenvalue weighted by Crippen LogP contribution is -2.18. The van der Waals surface area contributed by atoms with Crippen LogP contribution in [0.3, 0.4) is 0 Å². The second kappa shape index (κ2) is 23.0. The predicted octanol–water partition coefficient (Wildman–Crippen LogP) is 5.40. The lowest BCUT2D eigenvalue weighted by atomic mass is 10.1. The summed E-state index contributed by atoms with van der Waals surface area (Å²) in [6.45, 7) is 16.0. The lowest BCUT2D eigenvalue weighted by molar-refractivity contribution is -0.110. The van der Waals surface area contributed by atoms with E-state index >= 15 is 0 Å². The topological polar surface area (TPSA) is 166 Å². The molecule has 9 heteroatoms. The zero-order valence-corrected chi connectivity index (χ0v) is 22.0. The Bertz CT molecular complexity index is 1080. The number of benzene rings is 2. The number of hydrogen-bond donors (Lipinski definition) is 5. The maximum Gasteiger partial charge on any atom is 0.266 e. The summed E-state index contributed by atoms with van der Waals surface area (Å²) >= 11 is 0. The first kappa shape index (κ1) is 35.4. The third-order valence-electron chi connectivity index (χ3n) is 3.35. The van der Waals surface area contributed by atoms with Gasteiger partial charge in [-0.3, -0.25) is 14.4 Å². The van der Waals surface area contributed by atoms with Crippen molar-refractivity contribution in [3.8, 4) is 0 Å². The van der Waals surface area contributed by atoms with Crippen LogP contribution in [-0.4, -0.2) is 34.2 Å². The quantitative estimate of drug-likeness (QED) is 0.313. The standard InChI is InChI=1S/C9H9N3O2.C9H7N3O.4C2H6/c10-5-8(13)12-7-4-2-1-3-6(7)9(11)14;10-5-8-11-7-4-2-1-3-6(7)9(13)12-8;4*1-2/h1-5,10H,(H2,11,14)(H,12,13);1-5,10H,(H,11,12,13);4*1-2H3. The summed E-state index contributed by atoms with van der Waals surface area (Å²) in [7, 11) is 0. The molecule has 9 nitrogen and oxygen atoms in total. The molecule has 0 aliphatic rings. The SMILES string of the molecule is CC.CC.CC.CC.N=CC(=O)Nc1ccccc1C(N)=O.N=Cc1nc2ccccc2c(=O)[nH]1. The van der Waals surface area contributed by atoms with Crippen LogP contribution in [0.5, 0.6) is 0 Å². The minimum Gasteiger partial charge on any atom is -0.366 e. The van der Waals surface area contributed by atoms with Gasteiger partial charge in [-0.25, -0.2) is 4.98 Å². The van der Waals surface area contributed by atoms with E-state index in [1.807, 2.05) is 61.5 Å². The van der Waals surface area contributed by atoms with Gasteiger partial charge in [0.25, 0.3) is 17.4 Å². The second-order valence-electron chi connectivity index (χ2n) is 5.16. The molecule has 0 radical (unpaired) electrons. The van der Waals surface area contributed by atoms with E-state index < -0.39 is 11.8 Å². The van der Waals surface area contributed by atoms with Gasteiger partial charge >= 0.3 is 0 Å². The zero-order chi connectivity index (χ0) is 27.8. The van der Waals surface area contributed by atoms with E-state index in [9.17, 15) is 14.4 Å². The summed E-state index contributed by atoms with van der Waals surface area (Å²) < 4.78 is 0. The van der Waals surface area contributed by atoms with E-state index in [-0.39, 0.29) is 16.9 Å². The number of nitrogens with two attached hydrogens (primary N) is 1. The highest BCUT2D eigenvalue weighted by atomic mass is 16.2. The molecule has 0 saturated heterocycles. The van der Waals surface area contributed by atoms with Crippen molar-refractivity contribution in [2.45, 2.75) is 55.4 Å². The van der Waals surface area contributed by atoms with Crippen LogP contribution in [0.25, 0.3) is 10.9 Å². The van der Waals surface area contributed by atoms with Crippen LogP contribution in [-0.2, 0) is 4.79 Å². The van der Waals surface area contributed by atoms with Gasteiger partial charge in [-0.15, -0.1) is 0 Å². The largest absolute Gasteiger partial charge is 0.366 e. The molecule has 0 unspecified atom stereocenters. The van der Waals surface area contributed by atoms with Crippen LogP contribution in [0, 0.1) is 10.8 Å². The Kier molecular flexibility index (Phi) is 23.3. The zero-order valence-electron chi connectivity index (χ0n) is 22.0. The molecule has 0 atom stereocenters. The van der Waals surface area contributed by atoms with E-state index in [0.29, 0.717) is 22.8 Å². The van der Waals surface area contributed by atoms with Gasteiger partial charge in [0.1, 0.15) is 0 Å². The van der Waals surface area contributed by atoms with Crippen LogP contribution >= 0.6 is 0 Å². The molecule has 192 valence electrons. The molecule has 0 fully saturated rings. The van der Waals surface area contributed by atoms with Crippen molar-refractivity contribution in [1.29, 1.82) is 10.8 Å². The minimum atomic E-state index is -0.620. The second-order valence-corrected chi connectivity index (χ2v) is 5.16. The van der Waals surface area contributed by atoms with E-state index in [0.717, 1.165) is 6.21 Å². The van der Waals surface area contributed by atoms with Crippen molar-refractivity contribution < 1.29 is 9.59 Å². The summed E-state index contributed by atoms with van der Waals surface area (Å²) in [6.07, 6.45) is 1.64. The molecule has 3 aromatic rings. The van der Waals surface area contributed by atoms with Crippen molar-refractivity contribution in [3.05, 3.63) is 70.3 Å². The highest BCUT2D eigenvalue weighted by Gasteiger charge is 2.08. The predicted molar refractivity (Wildman–Crippen MR) is 148 cm³/mol. The molecule has 0 aliphatic carbocycles. The molecular weight excluding hydrogens is 444 g/mol. The van der Waals surface area contributed by atoms with Crippen molar-refractivity contribution >= 4 is 40.8 Å². The average molecular weight is 485 g/mol. The fourth-order valence-corrected chi connectivity index (χ4v) is 2.15. The van der Waals surface area contributed by atoms with Gasteiger partial charge in [0.15, 0.2) is 5.82 Å². The van der Waals surface area contributed by atoms with Crippen molar-refractivity contribution in [3.63, 3.8) is 0 Å². The summed E-state index contributed by atoms with van der Waals surface area (Å²) in [5.74, 6) is -0.937. The van der Waals surface area contributed by atoms with Gasteiger partial charge in [0.2, 0.25) is 0 Å². The first-order valence-corrected chi connectivity index (χ1v) is 11.7. The Hall–Kier alpha value is -4.14. The summed E-state index contributed by atoms with van der Waals surface area (Å²) in [6, 6.07) is 13.4. The number of fused-ring (bicyclic) bond motifs is 1. The number of carbonyl (C=O) groups is 2. The number of aromatic nitrogens is 2. The molecule has 0 aliphatic heterocycles. The third kappa shape index (κ3) is 13.2. The van der Waals surface area contributed by atoms with E-state index in [2.05, 4.69) is 15.3 Å². The Morgan fingerprint density at radius 3 is 1.91 bits per heavy atom. The van der Waals surface area contributed by atoms with E-state index in [1.165, 1.54) is 6.07 Å².